The van der Waals surface area contributed by atoms with Gasteiger partial charge in [0.25, 0.3) is 5.91 Å². The molecule has 1 aromatic heterocycles. The highest BCUT2D eigenvalue weighted by atomic mass is 16.5. The number of rotatable bonds is 7. The van der Waals surface area contributed by atoms with Crippen LogP contribution in [-0.4, -0.2) is 56.3 Å². The lowest BCUT2D eigenvalue weighted by atomic mass is 10.2. The first kappa shape index (κ1) is 21.4. The second-order valence-electron chi connectivity index (χ2n) is 7.43. The van der Waals surface area contributed by atoms with E-state index in [4.69, 9.17) is 9.47 Å². The Balaban J connectivity index is 1.38. The van der Waals surface area contributed by atoms with Gasteiger partial charge in [0.15, 0.2) is 0 Å². The highest BCUT2D eigenvalue weighted by Crippen LogP contribution is 2.23. The fourth-order valence-electron chi connectivity index (χ4n) is 3.65. The predicted octanol–water partition coefficient (Wildman–Crippen LogP) is 2.75. The molecule has 0 aliphatic carbocycles. The summed E-state index contributed by atoms with van der Waals surface area (Å²) in [5.74, 6) is 1.43. The third kappa shape index (κ3) is 4.91. The van der Waals surface area contributed by atoms with E-state index >= 15 is 0 Å². The number of ether oxygens (including phenoxy) is 2. The molecule has 4 rings (SSSR count). The maximum atomic E-state index is 12.6. The van der Waals surface area contributed by atoms with Gasteiger partial charge in [-0.15, -0.1) is 0 Å². The van der Waals surface area contributed by atoms with Crippen molar-refractivity contribution in [3.05, 3.63) is 71.9 Å². The molecule has 1 aliphatic heterocycles. The van der Waals surface area contributed by atoms with Gasteiger partial charge in [0.1, 0.15) is 11.3 Å². The van der Waals surface area contributed by atoms with Gasteiger partial charge in [0.2, 0.25) is 11.8 Å². The summed E-state index contributed by atoms with van der Waals surface area (Å²) in [5.41, 5.74) is 2.51. The van der Waals surface area contributed by atoms with Crippen molar-refractivity contribution in [2.24, 2.45) is 0 Å². The lowest BCUT2D eigenvalue weighted by molar-refractivity contribution is 0.0946. The van der Waals surface area contributed by atoms with Crippen molar-refractivity contribution >= 4 is 17.5 Å². The van der Waals surface area contributed by atoms with Crippen LogP contribution in [0.15, 0.2) is 60.8 Å². The number of carbonyl (C=O) groups excluding carboxylic acids is 1. The lowest BCUT2D eigenvalue weighted by Crippen LogP contribution is -2.47. The van der Waals surface area contributed by atoms with Crippen LogP contribution in [0.25, 0.3) is 0 Å². The van der Waals surface area contributed by atoms with Crippen LogP contribution in [0, 0.1) is 0 Å². The Morgan fingerprint density at radius 1 is 0.938 bits per heavy atom. The van der Waals surface area contributed by atoms with Crippen LogP contribution >= 0.6 is 0 Å². The molecule has 0 saturated carbocycles. The minimum Gasteiger partial charge on any atom is -0.497 e. The molecule has 1 fully saturated rings. The zero-order valence-electron chi connectivity index (χ0n) is 18.3. The van der Waals surface area contributed by atoms with Crippen LogP contribution < -0.4 is 24.6 Å². The monoisotopic (exact) mass is 433 g/mol. The number of hydrogen-bond acceptors (Lipinski definition) is 7. The molecule has 1 aliphatic rings. The number of piperazine rings is 1. The summed E-state index contributed by atoms with van der Waals surface area (Å²) in [5, 5.41) is 2.89. The van der Waals surface area contributed by atoms with Crippen LogP contribution in [0.3, 0.4) is 0 Å². The van der Waals surface area contributed by atoms with Crippen molar-refractivity contribution in [3.8, 4) is 11.6 Å². The standard InChI is InChI=1S/C24H27N5O3/c1-31-20-10-8-19(9-11-20)28-12-14-29(15-13-28)24-26-17-21(23(27-24)32-2)22(30)25-16-18-6-4-3-5-7-18/h3-11,17H,12-16H2,1-2H3,(H,25,30). The fourth-order valence-corrected chi connectivity index (χ4v) is 3.65. The molecule has 2 heterocycles. The van der Waals surface area contributed by atoms with Gasteiger partial charge >= 0.3 is 0 Å². The van der Waals surface area contributed by atoms with Crippen LogP contribution in [0.1, 0.15) is 15.9 Å². The van der Waals surface area contributed by atoms with E-state index in [2.05, 4.69) is 37.2 Å². The van der Waals surface area contributed by atoms with Crippen molar-refractivity contribution < 1.29 is 14.3 Å². The Morgan fingerprint density at radius 3 is 2.28 bits per heavy atom. The van der Waals surface area contributed by atoms with Gasteiger partial charge in [-0.3, -0.25) is 4.79 Å². The van der Waals surface area contributed by atoms with E-state index in [9.17, 15) is 4.79 Å². The van der Waals surface area contributed by atoms with Crippen molar-refractivity contribution in [2.45, 2.75) is 6.54 Å². The van der Waals surface area contributed by atoms with Crippen molar-refractivity contribution in [1.29, 1.82) is 0 Å². The molecule has 0 spiro atoms. The highest BCUT2D eigenvalue weighted by Gasteiger charge is 2.22. The number of hydrogen-bond donors (Lipinski definition) is 1. The molecule has 1 saturated heterocycles. The topological polar surface area (TPSA) is 79.8 Å². The minimum absolute atomic E-state index is 0.262. The van der Waals surface area contributed by atoms with Crippen molar-refractivity contribution in [2.75, 3.05) is 50.2 Å². The van der Waals surface area contributed by atoms with Gasteiger partial charge in [0.05, 0.1) is 14.2 Å². The van der Waals surface area contributed by atoms with Crippen LogP contribution in [-0.2, 0) is 6.54 Å². The Kier molecular flexibility index (Phi) is 6.69. The maximum Gasteiger partial charge on any atom is 0.258 e. The minimum atomic E-state index is -0.262. The second-order valence-corrected chi connectivity index (χ2v) is 7.43. The Morgan fingerprint density at radius 2 is 1.62 bits per heavy atom. The number of anilines is 2. The molecule has 3 aromatic rings. The van der Waals surface area contributed by atoms with E-state index in [0.717, 1.165) is 43.2 Å². The van der Waals surface area contributed by atoms with Crippen molar-refractivity contribution in [3.63, 3.8) is 0 Å². The number of nitrogens with one attached hydrogen (secondary N) is 1. The maximum absolute atomic E-state index is 12.6. The summed E-state index contributed by atoms with van der Waals surface area (Å²) in [6.45, 7) is 3.66. The smallest absolute Gasteiger partial charge is 0.258 e. The van der Waals surface area contributed by atoms with E-state index in [1.54, 1.807) is 7.11 Å². The van der Waals surface area contributed by atoms with Gasteiger partial charge in [-0.25, -0.2) is 4.98 Å². The van der Waals surface area contributed by atoms with E-state index in [0.29, 0.717) is 18.1 Å². The van der Waals surface area contributed by atoms with Gasteiger partial charge in [-0.2, -0.15) is 4.98 Å². The molecule has 0 unspecified atom stereocenters. The fraction of sp³-hybridized carbons (Fsp3) is 0.292. The first-order valence-corrected chi connectivity index (χ1v) is 10.5. The molecule has 2 aromatic carbocycles. The molecular weight excluding hydrogens is 406 g/mol. The zero-order chi connectivity index (χ0) is 22.3. The number of nitrogens with zero attached hydrogens (tertiary/aromatic N) is 4. The summed E-state index contributed by atoms with van der Waals surface area (Å²) in [6, 6.07) is 17.8. The summed E-state index contributed by atoms with van der Waals surface area (Å²) >= 11 is 0. The first-order chi connectivity index (χ1) is 15.7. The third-order valence-electron chi connectivity index (χ3n) is 5.48. The quantitative estimate of drug-likeness (QED) is 0.614. The van der Waals surface area contributed by atoms with Crippen LogP contribution in [0.5, 0.6) is 11.6 Å². The lowest BCUT2D eigenvalue weighted by Gasteiger charge is -2.36. The van der Waals surface area contributed by atoms with Gasteiger partial charge in [-0.1, -0.05) is 30.3 Å². The Hall–Kier alpha value is -3.81. The summed E-state index contributed by atoms with van der Waals surface area (Å²) in [6.07, 6.45) is 1.54. The molecule has 0 atom stereocenters. The molecule has 8 nitrogen and oxygen atoms in total. The average Bonchev–Trinajstić information content (AvgIpc) is 2.87. The average molecular weight is 434 g/mol. The summed E-state index contributed by atoms with van der Waals surface area (Å²) < 4.78 is 10.6. The molecular formula is C24H27N5O3. The van der Waals surface area contributed by atoms with E-state index in [1.165, 1.54) is 13.3 Å². The number of carbonyl (C=O) groups is 1. The van der Waals surface area contributed by atoms with E-state index < -0.39 is 0 Å². The molecule has 1 N–H and O–H groups in total. The molecule has 0 bridgehead atoms. The van der Waals surface area contributed by atoms with Gasteiger partial charge in [-0.05, 0) is 29.8 Å². The number of aromatic nitrogens is 2. The van der Waals surface area contributed by atoms with Crippen LogP contribution in [0.4, 0.5) is 11.6 Å². The molecule has 32 heavy (non-hydrogen) atoms. The SMILES string of the molecule is COc1ccc(N2CCN(c3ncc(C(=O)NCc4ccccc4)c(OC)n3)CC2)cc1. The molecule has 0 radical (unpaired) electrons. The van der Waals surface area contributed by atoms with Crippen molar-refractivity contribution in [1.82, 2.24) is 15.3 Å². The van der Waals surface area contributed by atoms with Gasteiger partial charge in [0, 0.05) is 44.6 Å². The normalized spacial score (nSPS) is 13.6. The zero-order valence-corrected chi connectivity index (χ0v) is 18.3. The Labute approximate surface area is 187 Å². The summed E-state index contributed by atoms with van der Waals surface area (Å²) in [4.78, 5) is 26.0. The highest BCUT2D eigenvalue weighted by molar-refractivity contribution is 5.96. The predicted molar refractivity (Wildman–Crippen MR) is 124 cm³/mol. The largest absolute Gasteiger partial charge is 0.497 e. The Bertz CT molecular complexity index is 1040. The van der Waals surface area contributed by atoms with E-state index in [1.807, 2.05) is 42.5 Å². The number of benzene rings is 2. The second kappa shape index (κ2) is 10.00. The van der Waals surface area contributed by atoms with E-state index in [-0.39, 0.29) is 11.8 Å². The van der Waals surface area contributed by atoms with Gasteiger partial charge < -0.3 is 24.6 Å². The molecule has 166 valence electrons. The van der Waals surface area contributed by atoms with Crippen LogP contribution in [0.2, 0.25) is 0 Å². The number of methoxy groups -OCH3 is 2. The third-order valence-corrected chi connectivity index (χ3v) is 5.48. The number of amides is 1. The molecule has 8 heteroatoms. The summed E-state index contributed by atoms with van der Waals surface area (Å²) in [7, 11) is 3.18. The first-order valence-electron chi connectivity index (χ1n) is 10.5. The molecule has 1 amide bonds.